The third-order valence-electron chi connectivity index (χ3n) is 2.80. The number of halogens is 2. The third-order valence-corrected chi connectivity index (χ3v) is 3.22. The van der Waals surface area contributed by atoms with Gasteiger partial charge in [0.15, 0.2) is 0 Å². The highest BCUT2D eigenvalue weighted by Crippen LogP contribution is 2.33. The van der Waals surface area contributed by atoms with Crippen LogP contribution in [-0.2, 0) is 4.74 Å². The molecular weight excluding hydrogens is 243 g/mol. The lowest BCUT2D eigenvalue weighted by Crippen LogP contribution is -2.52. The highest BCUT2D eigenvalue weighted by atomic mass is 35.5. The summed E-state index contributed by atoms with van der Waals surface area (Å²) in [5.74, 6) is 0.394. The van der Waals surface area contributed by atoms with Crippen LogP contribution < -0.4 is 4.74 Å². The minimum Gasteiger partial charge on any atom is -0.488 e. The number of ether oxygens (including phenoxy) is 2. The van der Waals surface area contributed by atoms with Crippen LogP contribution in [0.25, 0.3) is 0 Å². The maximum Gasteiger partial charge on any atom is 0.128 e. The normalized spacial score (nSPS) is 27.6. The molecule has 0 amide bonds. The minimum absolute atomic E-state index is 0.0190. The largest absolute Gasteiger partial charge is 0.488 e. The standard InChI is InChI=1S/C13H16ClFO2/c1-2-7-16-13-11(14)8-12(13)17-10-5-3-9(15)4-6-10/h3-6,11-13H,2,7-8H2,1H3. The van der Waals surface area contributed by atoms with Crippen LogP contribution in [0.4, 0.5) is 4.39 Å². The molecule has 1 aliphatic rings. The molecule has 3 atom stereocenters. The zero-order valence-corrected chi connectivity index (χ0v) is 10.5. The van der Waals surface area contributed by atoms with Crippen LogP contribution in [0.3, 0.4) is 0 Å². The van der Waals surface area contributed by atoms with E-state index in [0.717, 1.165) is 12.8 Å². The van der Waals surface area contributed by atoms with Crippen molar-refractivity contribution in [1.29, 1.82) is 0 Å². The van der Waals surface area contributed by atoms with E-state index in [-0.39, 0.29) is 23.4 Å². The molecule has 3 unspecified atom stereocenters. The summed E-state index contributed by atoms with van der Waals surface area (Å²) in [7, 11) is 0. The fourth-order valence-corrected chi connectivity index (χ4v) is 2.21. The van der Waals surface area contributed by atoms with Gasteiger partial charge in [-0.1, -0.05) is 6.92 Å². The topological polar surface area (TPSA) is 18.5 Å². The zero-order chi connectivity index (χ0) is 12.3. The van der Waals surface area contributed by atoms with Crippen LogP contribution in [-0.4, -0.2) is 24.2 Å². The maximum absolute atomic E-state index is 12.7. The summed E-state index contributed by atoms with van der Waals surface area (Å²) >= 11 is 6.07. The Morgan fingerprint density at radius 1 is 1.35 bits per heavy atom. The molecule has 0 aliphatic heterocycles. The Balaban J connectivity index is 1.88. The molecule has 0 radical (unpaired) electrons. The van der Waals surface area contributed by atoms with Gasteiger partial charge in [0.1, 0.15) is 23.8 Å². The van der Waals surface area contributed by atoms with E-state index >= 15 is 0 Å². The molecule has 94 valence electrons. The van der Waals surface area contributed by atoms with E-state index in [1.165, 1.54) is 12.1 Å². The van der Waals surface area contributed by atoms with Crippen LogP contribution in [0, 0.1) is 5.82 Å². The summed E-state index contributed by atoms with van der Waals surface area (Å²) in [6.45, 7) is 2.74. The van der Waals surface area contributed by atoms with Gasteiger partial charge < -0.3 is 9.47 Å². The highest BCUT2D eigenvalue weighted by molar-refractivity contribution is 6.21. The van der Waals surface area contributed by atoms with Crippen molar-refractivity contribution in [3.05, 3.63) is 30.1 Å². The van der Waals surface area contributed by atoms with Gasteiger partial charge in [-0.2, -0.15) is 0 Å². The van der Waals surface area contributed by atoms with Gasteiger partial charge in [-0.15, -0.1) is 11.6 Å². The van der Waals surface area contributed by atoms with Crippen LogP contribution in [0.5, 0.6) is 5.75 Å². The molecule has 2 nitrogen and oxygen atoms in total. The average molecular weight is 259 g/mol. The van der Waals surface area contributed by atoms with Crippen molar-refractivity contribution in [2.45, 2.75) is 37.4 Å². The molecule has 1 aromatic carbocycles. The summed E-state index contributed by atoms with van der Waals surface area (Å²) in [4.78, 5) is 0. The average Bonchev–Trinajstić information content (AvgIpc) is 2.31. The summed E-state index contributed by atoms with van der Waals surface area (Å²) in [6.07, 6.45) is 1.66. The van der Waals surface area contributed by atoms with Crippen LogP contribution >= 0.6 is 11.6 Å². The highest BCUT2D eigenvalue weighted by Gasteiger charge is 2.42. The second kappa shape index (κ2) is 5.69. The van der Waals surface area contributed by atoms with Crippen LogP contribution in [0.1, 0.15) is 19.8 Å². The summed E-state index contributed by atoms with van der Waals surface area (Å²) < 4.78 is 24.1. The molecule has 17 heavy (non-hydrogen) atoms. The zero-order valence-electron chi connectivity index (χ0n) is 9.74. The molecule has 1 aromatic rings. The van der Waals surface area contributed by atoms with E-state index in [1.54, 1.807) is 12.1 Å². The van der Waals surface area contributed by atoms with Gasteiger partial charge in [-0.3, -0.25) is 0 Å². The summed E-state index contributed by atoms with van der Waals surface area (Å²) in [5, 5.41) is 0.0204. The van der Waals surface area contributed by atoms with Crippen molar-refractivity contribution in [3.63, 3.8) is 0 Å². The fourth-order valence-electron chi connectivity index (χ4n) is 1.80. The van der Waals surface area contributed by atoms with E-state index in [2.05, 4.69) is 6.92 Å². The molecule has 0 saturated heterocycles. The van der Waals surface area contributed by atoms with Gasteiger partial charge in [0.2, 0.25) is 0 Å². The molecule has 1 saturated carbocycles. The van der Waals surface area contributed by atoms with Crippen molar-refractivity contribution in [1.82, 2.24) is 0 Å². The number of rotatable bonds is 5. The maximum atomic E-state index is 12.7. The van der Waals surface area contributed by atoms with Gasteiger partial charge in [0, 0.05) is 13.0 Å². The first-order chi connectivity index (χ1) is 8.20. The Hall–Kier alpha value is -0.800. The molecule has 0 aromatic heterocycles. The lowest BCUT2D eigenvalue weighted by molar-refractivity contribution is -0.0797. The van der Waals surface area contributed by atoms with Gasteiger partial charge in [-0.05, 0) is 30.7 Å². The van der Waals surface area contributed by atoms with Crippen molar-refractivity contribution in [2.75, 3.05) is 6.61 Å². The molecule has 0 bridgehead atoms. The van der Waals surface area contributed by atoms with Gasteiger partial charge in [0.25, 0.3) is 0 Å². The SMILES string of the molecule is CCCOC1C(Cl)CC1Oc1ccc(F)cc1. The monoisotopic (exact) mass is 258 g/mol. The first-order valence-electron chi connectivity index (χ1n) is 5.88. The molecule has 0 heterocycles. The third kappa shape index (κ3) is 3.11. The predicted octanol–water partition coefficient (Wildman–Crippen LogP) is 3.38. The first-order valence-corrected chi connectivity index (χ1v) is 6.32. The Bertz CT molecular complexity index is 355. The molecule has 2 rings (SSSR count). The van der Waals surface area contributed by atoms with E-state index in [4.69, 9.17) is 21.1 Å². The smallest absolute Gasteiger partial charge is 0.128 e. The van der Waals surface area contributed by atoms with E-state index in [0.29, 0.717) is 12.4 Å². The summed E-state index contributed by atoms with van der Waals surface area (Å²) in [5.41, 5.74) is 0. The minimum atomic E-state index is -0.264. The second-order valence-electron chi connectivity index (χ2n) is 4.20. The number of hydrogen-bond donors (Lipinski definition) is 0. The van der Waals surface area contributed by atoms with Crippen molar-refractivity contribution in [2.24, 2.45) is 0 Å². The molecule has 0 N–H and O–H groups in total. The Morgan fingerprint density at radius 3 is 2.65 bits per heavy atom. The molecule has 1 aliphatic carbocycles. The van der Waals surface area contributed by atoms with Crippen LogP contribution in [0.15, 0.2) is 24.3 Å². The van der Waals surface area contributed by atoms with E-state index < -0.39 is 0 Å². The van der Waals surface area contributed by atoms with Gasteiger partial charge >= 0.3 is 0 Å². The van der Waals surface area contributed by atoms with Crippen LogP contribution in [0.2, 0.25) is 0 Å². The first kappa shape index (κ1) is 12.7. The molecule has 1 fully saturated rings. The lowest BCUT2D eigenvalue weighted by atomic mass is 9.91. The number of alkyl halides is 1. The Morgan fingerprint density at radius 2 is 2.06 bits per heavy atom. The molecular formula is C13H16ClFO2. The van der Waals surface area contributed by atoms with Gasteiger partial charge in [-0.25, -0.2) is 4.39 Å². The Kier molecular flexibility index (Phi) is 4.24. The molecule has 0 spiro atoms. The van der Waals surface area contributed by atoms with Crippen molar-refractivity contribution in [3.8, 4) is 5.75 Å². The van der Waals surface area contributed by atoms with Crippen molar-refractivity contribution >= 4 is 11.6 Å². The number of benzene rings is 1. The second-order valence-corrected chi connectivity index (χ2v) is 4.76. The number of hydrogen-bond acceptors (Lipinski definition) is 2. The Labute approximate surface area is 106 Å². The fraction of sp³-hybridized carbons (Fsp3) is 0.538. The van der Waals surface area contributed by atoms with Crippen molar-refractivity contribution < 1.29 is 13.9 Å². The predicted molar refractivity (Wildman–Crippen MR) is 65.1 cm³/mol. The van der Waals surface area contributed by atoms with Gasteiger partial charge in [0.05, 0.1) is 5.38 Å². The van der Waals surface area contributed by atoms with E-state index in [9.17, 15) is 4.39 Å². The summed E-state index contributed by atoms with van der Waals surface area (Å²) in [6, 6.07) is 6.00. The molecule has 4 heteroatoms. The lowest BCUT2D eigenvalue weighted by Gasteiger charge is -2.40. The van der Waals surface area contributed by atoms with E-state index in [1.807, 2.05) is 0 Å². The quantitative estimate of drug-likeness (QED) is 0.754.